The molecule has 0 saturated heterocycles. The number of anilines is 1. The van der Waals surface area contributed by atoms with Crippen molar-refractivity contribution in [3.05, 3.63) is 54.1 Å². The second kappa shape index (κ2) is 5.06. The maximum atomic E-state index is 5.91. The topological polar surface area (TPSA) is 63.2 Å². The van der Waals surface area contributed by atoms with Crippen molar-refractivity contribution in [1.82, 2.24) is 0 Å². The number of hydrogen-bond donors (Lipinski definition) is 1. The number of aliphatic imine (C=N–C) groups is 2. The lowest BCUT2D eigenvalue weighted by Gasteiger charge is -2.29. The van der Waals surface area contributed by atoms with Gasteiger partial charge in [-0.3, -0.25) is 4.90 Å². The molecular formula is C16H14N4OS. The molecule has 2 N–H and O–H groups in total. The first kappa shape index (κ1) is 13.2. The molecule has 6 heteroatoms. The van der Waals surface area contributed by atoms with Crippen molar-refractivity contribution in [1.29, 1.82) is 0 Å². The quantitative estimate of drug-likeness (QED) is 0.926. The molecule has 2 aromatic rings. The molecule has 0 radical (unpaired) electrons. The van der Waals surface area contributed by atoms with Gasteiger partial charge < -0.3 is 10.5 Å². The van der Waals surface area contributed by atoms with Crippen molar-refractivity contribution in [2.75, 3.05) is 12.0 Å². The van der Waals surface area contributed by atoms with Gasteiger partial charge in [-0.05, 0) is 41.6 Å². The highest BCUT2D eigenvalue weighted by molar-refractivity contribution is 8.14. The number of fused-ring (bicyclic) bond motifs is 3. The summed E-state index contributed by atoms with van der Waals surface area (Å²) in [6, 6.07) is 16.1. The van der Waals surface area contributed by atoms with E-state index >= 15 is 0 Å². The molecule has 4 rings (SSSR count). The van der Waals surface area contributed by atoms with E-state index in [-0.39, 0.29) is 6.17 Å². The van der Waals surface area contributed by atoms with Crippen LogP contribution in [0.5, 0.6) is 5.75 Å². The molecule has 22 heavy (non-hydrogen) atoms. The zero-order valence-electron chi connectivity index (χ0n) is 11.9. The summed E-state index contributed by atoms with van der Waals surface area (Å²) >= 11 is 1.62. The predicted molar refractivity (Wildman–Crippen MR) is 89.6 cm³/mol. The van der Waals surface area contributed by atoms with Crippen LogP contribution in [0.25, 0.3) is 0 Å². The number of thioether (sulfide) groups is 1. The van der Waals surface area contributed by atoms with Crippen LogP contribution in [0.3, 0.4) is 0 Å². The van der Waals surface area contributed by atoms with Gasteiger partial charge in [-0.25, -0.2) is 4.99 Å². The van der Waals surface area contributed by atoms with Gasteiger partial charge in [-0.15, -0.1) is 0 Å². The Morgan fingerprint density at radius 3 is 2.68 bits per heavy atom. The maximum absolute atomic E-state index is 5.91. The number of amidine groups is 1. The summed E-state index contributed by atoms with van der Waals surface area (Å²) in [5, 5.41) is 0.870. The van der Waals surface area contributed by atoms with Gasteiger partial charge in [0.05, 0.1) is 12.8 Å². The molecule has 0 unspecified atom stereocenters. The summed E-state index contributed by atoms with van der Waals surface area (Å²) in [6.45, 7) is 0. The Labute approximate surface area is 132 Å². The molecule has 2 heterocycles. The number of benzene rings is 2. The standard InChI is InChI=1S/C16H14N4OS/c1-21-11-8-6-10(7-9-11)14-18-15(17)19-16-20(14)12-4-2-3-5-13(12)22-16/h2-9,14H,1H3,(H2,17,18)/t14-/m0/s1. The number of nitrogens with zero attached hydrogens (tertiary/aromatic N) is 3. The van der Waals surface area contributed by atoms with Crippen molar-refractivity contribution >= 4 is 28.6 Å². The van der Waals surface area contributed by atoms with Crippen LogP contribution in [0, 0.1) is 0 Å². The average Bonchev–Trinajstić information content (AvgIpc) is 2.92. The Balaban J connectivity index is 1.79. The molecule has 0 bridgehead atoms. The van der Waals surface area contributed by atoms with Gasteiger partial charge in [-0.1, -0.05) is 24.3 Å². The van der Waals surface area contributed by atoms with Gasteiger partial charge in [0.2, 0.25) is 5.96 Å². The summed E-state index contributed by atoms with van der Waals surface area (Å²) in [5.41, 5.74) is 8.07. The van der Waals surface area contributed by atoms with Crippen molar-refractivity contribution in [2.45, 2.75) is 11.1 Å². The van der Waals surface area contributed by atoms with E-state index in [1.165, 1.54) is 4.90 Å². The maximum Gasteiger partial charge on any atom is 0.220 e. The third-order valence-corrected chi connectivity index (χ3v) is 4.69. The SMILES string of the molecule is COc1ccc([C@H]2N=C(N)N=C3Sc4ccccc4N32)cc1. The van der Waals surface area contributed by atoms with E-state index in [4.69, 9.17) is 10.5 Å². The Morgan fingerprint density at radius 2 is 1.91 bits per heavy atom. The molecule has 0 saturated carbocycles. The van der Waals surface area contributed by atoms with Crippen LogP contribution in [0.2, 0.25) is 0 Å². The highest BCUT2D eigenvalue weighted by Crippen LogP contribution is 2.46. The van der Waals surface area contributed by atoms with E-state index in [0.29, 0.717) is 5.96 Å². The molecule has 2 aliphatic rings. The van der Waals surface area contributed by atoms with Crippen molar-refractivity contribution in [3.8, 4) is 5.75 Å². The Hall–Kier alpha value is -2.47. The van der Waals surface area contributed by atoms with Crippen LogP contribution in [0.4, 0.5) is 5.69 Å². The van der Waals surface area contributed by atoms with E-state index in [2.05, 4.69) is 27.0 Å². The lowest BCUT2D eigenvalue weighted by molar-refractivity contribution is 0.414. The highest BCUT2D eigenvalue weighted by atomic mass is 32.2. The van der Waals surface area contributed by atoms with E-state index in [1.54, 1.807) is 18.9 Å². The van der Waals surface area contributed by atoms with Gasteiger partial charge in [0.1, 0.15) is 5.75 Å². The molecule has 1 atom stereocenters. The molecule has 2 aromatic carbocycles. The molecule has 0 aliphatic carbocycles. The largest absolute Gasteiger partial charge is 0.497 e. The van der Waals surface area contributed by atoms with Gasteiger partial charge in [0.15, 0.2) is 11.3 Å². The van der Waals surface area contributed by atoms with Crippen LogP contribution in [0.1, 0.15) is 11.7 Å². The molecule has 2 aliphatic heterocycles. The zero-order chi connectivity index (χ0) is 15.1. The smallest absolute Gasteiger partial charge is 0.220 e. The van der Waals surface area contributed by atoms with E-state index in [9.17, 15) is 0 Å². The van der Waals surface area contributed by atoms with Crippen molar-refractivity contribution < 1.29 is 4.74 Å². The normalized spacial score (nSPS) is 19.1. The second-order valence-electron chi connectivity index (χ2n) is 4.97. The number of methoxy groups -OCH3 is 1. The van der Waals surface area contributed by atoms with Crippen LogP contribution < -0.4 is 15.4 Å². The lowest BCUT2D eigenvalue weighted by atomic mass is 10.1. The predicted octanol–water partition coefficient (Wildman–Crippen LogP) is 2.99. The molecule has 0 spiro atoms. The molecule has 5 nitrogen and oxygen atoms in total. The van der Waals surface area contributed by atoms with Crippen LogP contribution in [-0.2, 0) is 0 Å². The molecule has 0 fully saturated rings. The minimum atomic E-state index is -0.199. The monoisotopic (exact) mass is 310 g/mol. The number of para-hydroxylation sites is 1. The zero-order valence-corrected chi connectivity index (χ0v) is 12.7. The number of rotatable bonds is 2. The average molecular weight is 310 g/mol. The summed E-state index contributed by atoms with van der Waals surface area (Å²) < 4.78 is 5.22. The third-order valence-electron chi connectivity index (χ3n) is 3.66. The molecule has 0 aromatic heterocycles. The first-order valence-electron chi connectivity index (χ1n) is 6.88. The van der Waals surface area contributed by atoms with E-state index in [0.717, 1.165) is 22.2 Å². The first-order valence-corrected chi connectivity index (χ1v) is 7.70. The van der Waals surface area contributed by atoms with Crippen LogP contribution in [0.15, 0.2) is 63.4 Å². The molecular weight excluding hydrogens is 296 g/mol. The molecule has 110 valence electrons. The summed E-state index contributed by atoms with van der Waals surface area (Å²) in [6.07, 6.45) is -0.199. The van der Waals surface area contributed by atoms with E-state index in [1.807, 2.05) is 36.4 Å². The van der Waals surface area contributed by atoms with Crippen LogP contribution >= 0.6 is 11.8 Å². The number of nitrogens with two attached hydrogens (primary N) is 1. The van der Waals surface area contributed by atoms with Gasteiger partial charge in [-0.2, -0.15) is 4.99 Å². The summed E-state index contributed by atoms with van der Waals surface area (Å²) in [4.78, 5) is 12.2. The minimum absolute atomic E-state index is 0.199. The Bertz CT molecular complexity index is 785. The molecule has 0 amide bonds. The van der Waals surface area contributed by atoms with E-state index < -0.39 is 0 Å². The Morgan fingerprint density at radius 1 is 1.14 bits per heavy atom. The first-order chi connectivity index (χ1) is 10.8. The number of hydrogen-bond acceptors (Lipinski definition) is 6. The van der Waals surface area contributed by atoms with Crippen LogP contribution in [-0.4, -0.2) is 18.2 Å². The van der Waals surface area contributed by atoms with Crippen molar-refractivity contribution in [3.63, 3.8) is 0 Å². The number of guanidine groups is 1. The summed E-state index contributed by atoms with van der Waals surface area (Å²) in [7, 11) is 1.66. The fraction of sp³-hybridized carbons (Fsp3) is 0.125. The second-order valence-corrected chi connectivity index (χ2v) is 5.98. The lowest BCUT2D eigenvalue weighted by Crippen LogP contribution is -2.35. The van der Waals surface area contributed by atoms with Gasteiger partial charge >= 0.3 is 0 Å². The third kappa shape index (κ3) is 2.03. The highest BCUT2D eigenvalue weighted by Gasteiger charge is 2.35. The minimum Gasteiger partial charge on any atom is -0.497 e. The fourth-order valence-corrected chi connectivity index (χ4v) is 3.67. The number of ether oxygens (including phenoxy) is 1. The summed E-state index contributed by atoms with van der Waals surface area (Å²) in [5.74, 6) is 1.13. The fourth-order valence-electron chi connectivity index (χ4n) is 2.62. The van der Waals surface area contributed by atoms with Gasteiger partial charge in [0.25, 0.3) is 0 Å². The van der Waals surface area contributed by atoms with Gasteiger partial charge in [0, 0.05) is 4.90 Å². The van der Waals surface area contributed by atoms with Crippen molar-refractivity contribution in [2.24, 2.45) is 15.7 Å². The Kier molecular flexibility index (Phi) is 3.04.